The molecule has 1 atom stereocenters. The van der Waals surface area contributed by atoms with Crippen LogP contribution in [0.25, 0.3) is 0 Å². The van der Waals surface area contributed by atoms with E-state index in [-0.39, 0.29) is 11.1 Å². The summed E-state index contributed by atoms with van der Waals surface area (Å²) in [6, 6.07) is 0. The van der Waals surface area contributed by atoms with Gasteiger partial charge in [-0.15, -0.1) is 0 Å². The Bertz CT molecular complexity index is 557. The number of hydrogen-bond donors (Lipinski definition) is 2. The fourth-order valence-corrected chi connectivity index (χ4v) is 3.72. The minimum atomic E-state index is -1.94. The molecule has 0 aliphatic carbocycles. The highest BCUT2D eigenvalue weighted by molar-refractivity contribution is 6.74. The molecule has 2 heterocycles. The number of nitrogens with zero attached hydrogens (tertiary/aromatic N) is 1. The van der Waals surface area contributed by atoms with Crippen LogP contribution < -0.4 is 10.2 Å². The average molecular weight is 323 g/mol. The molecular formula is C15H26BNO4Si. The Hall–Kier alpha value is -0.888. The molecule has 22 heavy (non-hydrogen) atoms. The Balaban J connectivity index is 2.41. The number of rotatable bonds is 3. The summed E-state index contributed by atoms with van der Waals surface area (Å²) < 4.78 is 12.2. The van der Waals surface area contributed by atoms with Crippen molar-refractivity contribution in [1.29, 1.82) is 0 Å². The van der Waals surface area contributed by atoms with E-state index in [9.17, 15) is 10.0 Å². The number of hydrogen-bond acceptors (Lipinski definition) is 5. The molecule has 2 rings (SSSR count). The quantitative estimate of drug-likeness (QED) is 0.832. The molecule has 0 amide bonds. The van der Waals surface area contributed by atoms with E-state index in [1.54, 1.807) is 0 Å². The van der Waals surface area contributed by atoms with E-state index in [4.69, 9.17) is 9.16 Å². The number of pyridine rings is 1. The van der Waals surface area contributed by atoms with Crippen molar-refractivity contribution in [2.75, 3.05) is 6.61 Å². The van der Waals surface area contributed by atoms with E-state index in [1.807, 2.05) is 6.92 Å². The fourth-order valence-electron chi connectivity index (χ4n) is 2.42. The topological polar surface area (TPSA) is 71.8 Å². The standard InChI is InChI=1S/C15H26BNO4Si/c1-10-11(16(18)19)9-17-14-13(10)12(7-8-20-14)21-22(5,6)15(2,3)4/h9,12,18-19H,7-8H2,1-6H3. The first-order valence-corrected chi connectivity index (χ1v) is 10.6. The maximum absolute atomic E-state index is 9.50. The predicted molar refractivity (Wildman–Crippen MR) is 89.9 cm³/mol. The lowest BCUT2D eigenvalue weighted by Gasteiger charge is -2.41. The zero-order valence-electron chi connectivity index (χ0n) is 14.3. The monoisotopic (exact) mass is 323 g/mol. The summed E-state index contributed by atoms with van der Waals surface area (Å²) in [6.45, 7) is 13.5. The maximum Gasteiger partial charge on any atom is 0.490 e. The van der Waals surface area contributed by atoms with Crippen LogP contribution >= 0.6 is 0 Å². The minimum Gasteiger partial charge on any atom is -0.477 e. The van der Waals surface area contributed by atoms with Gasteiger partial charge in [-0.1, -0.05) is 20.8 Å². The minimum absolute atomic E-state index is 0.101. The van der Waals surface area contributed by atoms with Crippen LogP contribution in [0.3, 0.4) is 0 Å². The molecule has 1 unspecified atom stereocenters. The van der Waals surface area contributed by atoms with Gasteiger partial charge in [-0.2, -0.15) is 0 Å². The van der Waals surface area contributed by atoms with Crippen LogP contribution in [0, 0.1) is 6.92 Å². The van der Waals surface area contributed by atoms with Gasteiger partial charge < -0.3 is 19.2 Å². The van der Waals surface area contributed by atoms with Crippen molar-refractivity contribution in [3.8, 4) is 5.88 Å². The smallest absolute Gasteiger partial charge is 0.477 e. The van der Waals surface area contributed by atoms with Gasteiger partial charge in [0, 0.05) is 23.6 Å². The third-order valence-electron chi connectivity index (χ3n) is 4.85. The SMILES string of the molecule is Cc1c(B(O)O)cnc2c1C(O[Si](C)(C)C(C)(C)C)CCO2. The zero-order valence-corrected chi connectivity index (χ0v) is 15.3. The second-order valence-corrected chi connectivity index (χ2v) is 12.2. The molecule has 0 saturated carbocycles. The van der Waals surface area contributed by atoms with Gasteiger partial charge in [-0.3, -0.25) is 0 Å². The van der Waals surface area contributed by atoms with Crippen LogP contribution in [0.4, 0.5) is 0 Å². The van der Waals surface area contributed by atoms with E-state index in [0.29, 0.717) is 17.9 Å². The van der Waals surface area contributed by atoms with Crippen molar-refractivity contribution in [2.45, 2.75) is 58.4 Å². The molecule has 0 saturated heterocycles. The zero-order chi connectivity index (χ0) is 16.7. The Labute approximate surface area is 134 Å². The van der Waals surface area contributed by atoms with Crippen molar-refractivity contribution in [1.82, 2.24) is 4.98 Å². The molecule has 0 spiro atoms. The third kappa shape index (κ3) is 3.22. The van der Waals surface area contributed by atoms with E-state index in [0.717, 1.165) is 17.5 Å². The summed E-state index contributed by atoms with van der Waals surface area (Å²) in [5.74, 6) is 0.553. The molecule has 0 bridgehead atoms. The molecule has 0 fully saturated rings. The molecule has 1 aliphatic rings. The molecule has 1 aromatic rings. The van der Waals surface area contributed by atoms with Crippen LogP contribution in [-0.2, 0) is 4.43 Å². The Morgan fingerprint density at radius 3 is 2.55 bits per heavy atom. The lowest BCUT2D eigenvalue weighted by Crippen LogP contribution is -2.43. The van der Waals surface area contributed by atoms with Crippen molar-refractivity contribution >= 4 is 20.9 Å². The highest BCUT2D eigenvalue weighted by atomic mass is 28.4. The second-order valence-electron chi connectivity index (χ2n) is 7.43. The lowest BCUT2D eigenvalue weighted by molar-refractivity contribution is 0.118. The fraction of sp³-hybridized carbons (Fsp3) is 0.667. The summed E-state index contributed by atoms with van der Waals surface area (Å²) in [4.78, 5) is 4.24. The van der Waals surface area contributed by atoms with E-state index in [1.165, 1.54) is 6.20 Å². The average Bonchev–Trinajstić information content (AvgIpc) is 2.36. The highest BCUT2D eigenvalue weighted by Crippen LogP contribution is 2.43. The molecule has 7 heteroatoms. The molecule has 1 aromatic heterocycles. The molecule has 1 aliphatic heterocycles. The summed E-state index contributed by atoms with van der Waals surface area (Å²) in [5, 5.41) is 19.1. The first-order chi connectivity index (χ1) is 10.0. The maximum atomic E-state index is 9.50. The summed E-state index contributed by atoms with van der Waals surface area (Å²) in [7, 11) is -3.47. The molecule has 2 N–H and O–H groups in total. The highest BCUT2D eigenvalue weighted by Gasteiger charge is 2.41. The van der Waals surface area contributed by atoms with Gasteiger partial charge in [0.15, 0.2) is 8.32 Å². The summed E-state index contributed by atoms with van der Waals surface area (Å²) in [6.07, 6.45) is 2.12. The number of fused-ring (bicyclic) bond motifs is 1. The number of aromatic nitrogens is 1. The second kappa shape index (κ2) is 5.96. The molecule has 0 aromatic carbocycles. The number of ether oxygens (including phenoxy) is 1. The van der Waals surface area contributed by atoms with Crippen molar-refractivity contribution in [3.05, 3.63) is 17.3 Å². The van der Waals surface area contributed by atoms with Crippen molar-refractivity contribution in [2.24, 2.45) is 0 Å². The van der Waals surface area contributed by atoms with Gasteiger partial charge in [-0.05, 0) is 30.6 Å². The largest absolute Gasteiger partial charge is 0.490 e. The van der Waals surface area contributed by atoms with Crippen LogP contribution in [-0.4, -0.2) is 37.1 Å². The van der Waals surface area contributed by atoms with Crippen LogP contribution in [0.15, 0.2) is 6.20 Å². The lowest BCUT2D eigenvalue weighted by atomic mass is 9.76. The Kier molecular flexibility index (Phi) is 4.73. The van der Waals surface area contributed by atoms with Gasteiger partial charge in [-0.25, -0.2) is 4.98 Å². The van der Waals surface area contributed by atoms with Crippen molar-refractivity contribution in [3.63, 3.8) is 0 Å². The van der Waals surface area contributed by atoms with Gasteiger partial charge in [0.25, 0.3) is 0 Å². The normalized spacial score (nSPS) is 18.6. The Morgan fingerprint density at radius 1 is 1.36 bits per heavy atom. The van der Waals surface area contributed by atoms with Crippen molar-refractivity contribution < 1.29 is 19.2 Å². The summed E-state index contributed by atoms with van der Waals surface area (Å²) >= 11 is 0. The van der Waals surface area contributed by atoms with Crippen LogP contribution in [0.1, 0.15) is 44.4 Å². The van der Waals surface area contributed by atoms with Gasteiger partial charge >= 0.3 is 7.12 Å². The van der Waals surface area contributed by atoms with Gasteiger partial charge in [0.1, 0.15) is 0 Å². The van der Waals surface area contributed by atoms with Gasteiger partial charge in [0.2, 0.25) is 5.88 Å². The van der Waals surface area contributed by atoms with Crippen LogP contribution in [0.5, 0.6) is 5.88 Å². The van der Waals surface area contributed by atoms with Crippen LogP contribution in [0.2, 0.25) is 18.1 Å². The molecule has 5 nitrogen and oxygen atoms in total. The predicted octanol–water partition coefficient (Wildman–Crippen LogP) is 1.92. The summed E-state index contributed by atoms with van der Waals surface area (Å²) in [5.41, 5.74) is 2.07. The molecule has 0 radical (unpaired) electrons. The Morgan fingerprint density at radius 2 is 2.00 bits per heavy atom. The molecular weight excluding hydrogens is 297 g/mol. The third-order valence-corrected chi connectivity index (χ3v) is 9.34. The van der Waals surface area contributed by atoms with Gasteiger partial charge in [0.05, 0.1) is 12.7 Å². The van der Waals surface area contributed by atoms with E-state index >= 15 is 0 Å². The first kappa shape index (κ1) is 17.5. The first-order valence-electron chi connectivity index (χ1n) is 7.71. The van der Waals surface area contributed by atoms with E-state index in [2.05, 4.69) is 38.8 Å². The molecule has 122 valence electrons. The van der Waals surface area contributed by atoms with E-state index < -0.39 is 15.4 Å².